The Morgan fingerprint density at radius 2 is 2.07 bits per heavy atom. The molecule has 1 aliphatic rings. The Labute approximate surface area is 167 Å². The number of nitrogens with zero attached hydrogens (tertiary/aromatic N) is 3. The molecule has 1 fully saturated rings. The number of likely N-dealkylation sites (tertiary alicyclic amines) is 1. The molecule has 0 radical (unpaired) electrons. The number of hydrogen-bond acceptors (Lipinski definition) is 4. The second-order valence-electron chi connectivity index (χ2n) is 7.14. The highest BCUT2D eigenvalue weighted by Crippen LogP contribution is 2.33. The van der Waals surface area contributed by atoms with E-state index in [1.54, 1.807) is 11.3 Å². The molecule has 1 amide bonds. The molecule has 0 saturated carbocycles. The van der Waals surface area contributed by atoms with Crippen molar-refractivity contribution in [3.63, 3.8) is 0 Å². The van der Waals surface area contributed by atoms with Crippen LogP contribution in [0.15, 0.2) is 53.2 Å². The minimum atomic E-state index is -0.0177. The summed E-state index contributed by atoms with van der Waals surface area (Å²) >= 11 is 1.65. The summed E-state index contributed by atoms with van der Waals surface area (Å²) in [6.07, 6.45) is 1.90. The topological polar surface area (TPSA) is 61.9 Å². The van der Waals surface area contributed by atoms with Gasteiger partial charge in [-0.15, -0.1) is 0 Å². The monoisotopic (exact) mass is 388 g/mol. The van der Waals surface area contributed by atoms with Crippen molar-refractivity contribution in [2.75, 3.05) is 6.54 Å². The molecule has 1 aliphatic heterocycles. The Balaban J connectivity index is 1.45. The van der Waals surface area contributed by atoms with Crippen LogP contribution in [-0.2, 0) is 0 Å². The largest absolute Gasteiger partial charge is 0.340 e. The second kappa shape index (κ2) is 6.87. The quantitative estimate of drug-likeness (QED) is 0.539. The van der Waals surface area contributed by atoms with Crippen molar-refractivity contribution in [1.29, 1.82) is 0 Å². The van der Waals surface area contributed by atoms with Gasteiger partial charge in [0, 0.05) is 17.5 Å². The van der Waals surface area contributed by atoms with Crippen LogP contribution in [-0.4, -0.2) is 32.3 Å². The van der Waals surface area contributed by atoms with Crippen LogP contribution in [0.2, 0.25) is 0 Å². The molecule has 0 spiro atoms. The van der Waals surface area contributed by atoms with E-state index in [1.807, 2.05) is 59.7 Å². The molecule has 1 unspecified atom stereocenters. The third-order valence-corrected chi connectivity index (χ3v) is 6.05. The van der Waals surface area contributed by atoms with Gasteiger partial charge in [-0.05, 0) is 55.5 Å². The number of aromatic nitrogens is 3. The maximum Gasteiger partial charge on any atom is 0.256 e. The van der Waals surface area contributed by atoms with E-state index in [2.05, 4.69) is 15.3 Å². The van der Waals surface area contributed by atoms with E-state index < -0.39 is 0 Å². The molecular weight excluding hydrogens is 368 g/mol. The zero-order valence-electron chi connectivity index (χ0n) is 15.6. The fourth-order valence-corrected chi connectivity index (χ4v) is 4.59. The summed E-state index contributed by atoms with van der Waals surface area (Å²) in [5, 5.41) is 4.11. The number of amides is 1. The maximum atomic E-state index is 13.3. The smallest absolute Gasteiger partial charge is 0.256 e. The number of nitrogens with one attached hydrogen (secondary N) is 1. The summed E-state index contributed by atoms with van der Waals surface area (Å²) in [4.78, 5) is 28.0. The number of rotatable bonds is 3. The van der Waals surface area contributed by atoms with Gasteiger partial charge in [0.1, 0.15) is 5.82 Å². The number of benzene rings is 1. The minimum absolute atomic E-state index is 0.0177. The van der Waals surface area contributed by atoms with Crippen molar-refractivity contribution >= 4 is 28.3 Å². The third kappa shape index (κ3) is 2.90. The van der Waals surface area contributed by atoms with Gasteiger partial charge >= 0.3 is 0 Å². The van der Waals surface area contributed by atoms with Crippen LogP contribution in [0.4, 0.5) is 0 Å². The van der Waals surface area contributed by atoms with Gasteiger partial charge in [-0.2, -0.15) is 11.3 Å². The number of aromatic amines is 1. The van der Waals surface area contributed by atoms with Gasteiger partial charge in [0.15, 0.2) is 0 Å². The van der Waals surface area contributed by atoms with Crippen LogP contribution in [0.25, 0.3) is 22.3 Å². The number of para-hydroxylation sites is 2. The maximum absolute atomic E-state index is 13.3. The van der Waals surface area contributed by atoms with Gasteiger partial charge in [0.05, 0.1) is 34.0 Å². The van der Waals surface area contributed by atoms with E-state index in [0.717, 1.165) is 53.2 Å². The Hall–Kier alpha value is -2.99. The van der Waals surface area contributed by atoms with Crippen LogP contribution < -0.4 is 0 Å². The average molecular weight is 388 g/mol. The molecule has 28 heavy (non-hydrogen) atoms. The van der Waals surface area contributed by atoms with Gasteiger partial charge < -0.3 is 9.88 Å². The van der Waals surface area contributed by atoms with Crippen LogP contribution in [0.1, 0.15) is 40.8 Å². The van der Waals surface area contributed by atoms with Gasteiger partial charge in [-0.25, -0.2) is 4.98 Å². The van der Waals surface area contributed by atoms with E-state index in [9.17, 15) is 4.79 Å². The van der Waals surface area contributed by atoms with Crippen LogP contribution >= 0.6 is 11.3 Å². The number of pyridine rings is 1. The Morgan fingerprint density at radius 3 is 2.86 bits per heavy atom. The summed E-state index contributed by atoms with van der Waals surface area (Å²) in [6.45, 7) is 2.65. The molecule has 4 aromatic rings. The zero-order valence-corrected chi connectivity index (χ0v) is 16.4. The molecule has 3 aromatic heterocycles. The first-order valence-electron chi connectivity index (χ1n) is 9.46. The molecule has 4 heterocycles. The van der Waals surface area contributed by atoms with E-state index in [4.69, 9.17) is 4.98 Å². The first-order valence-corrected chi connectivity index (χ1v) is 10.4. The average Bonchev–Trinajstić information content (AvgIpc) is 3.47. The number of thiophene rings is 1. The lowest BCUT2D eigenvalue weighted by Crippen LogP contribution is -2.31. The first-order chi connectivity index (χ1) is 13.7. The first kappa shape index (κ1) is 17.1. The van der Waals surface area contributed by atoms with Crippen molar-refractivity contribution < 1.29 is 4.79 Å². The van der Waals surface area contributed by atoms with Gasteiger partial charge in [0.25, 0.3) is 5.91 Å². The summed E-state index contributed by atoms with van der Waals surface area (Å²) in [7, 11) is 0. The lowest BCUT2D eigenvalue weighted by molar-refractivity contribution is 0.0729. The summed E-state index contributed by atoms with van der Waals surface area (Å²) < 4.78 is 0. The number of hydrogen-bond donors (Lipinski definition) is 1. The molecule has 0 bridgehead atoms. The Bertz CT molecular complexity index is 1120. The predicted octanol–water partition coefficient (Wildman–Crippen LogP) is 4.97. The van der Waals surface area contributed by atoms with E-state index in [0.29, 0.717) is 5.56 Å². The number of imidazole rings is 1. The standard InChI is InChI=1S/C22H20N4OS/c1-14-16(8-9-17(23-14)15-10-12-28-13-15)22(27)26-11-4-7-20(26)21-24-18-5-2-3-6-19(18)25-21/h2-3,5-6,8-10,12-13,20H,4,7,11H2,1H3,(H,24,25). The second-order valence-corrected chi connectivity index (χ2v) is 7.92. The zero-order chi connectivity index (χ0) is 19.1. The van der Waals surface area contributed by atoms with Crippen LogP contribution in [0.5, 0.6) is 0 Å². The SMILES string of the molecule is Cc1nc(-c2ccsc2)ccc1C(=O)N1CCCC1c1nc2ccccc2[nH]1. The van der Waals surface area contributed by atoms with E-state index in [1.165, 1.54) is 0 Å². The van der Waals surface area contributed by atoms with Crippen molar-refractivity contribution in [3.8, 4) is 11.3 Å². The molecule has 1 saturated heterocycles. The molecule has 1 atom stereocenters. The Morgan fingerprint density at radius 1 is 1.18 bits per heavy atom. The number of fused-ring (bicyclic) bond motifs is 1. The number of carbonyl (C=O) groups is 1. The molecule has 140 valence electrons. The molecule has 5 rings (SSSR count). The third-order valence-electron chi connectivity index (χ3n) is 5.37. The van der Waals surface area contributed by atoms with Crippen molar-refractivity contribution in [2.45, 2.75) is 25.8 Å². The fourth-order valence-electron chi connectivity index (χ4n) is 3.94. The highest BCUT2D eigenvalue weighted by Gasteiger charge is 2.33. The van der Waals surface area contributed by atoms with Crippen molar-refractivity contribution in [2.24, 2.45) is 0 Å². The highest BCUT2D eigenvalue weighted by atomic mass is 32.1. The number of aryl methyl sites for hydroxylation is 1. The molecule has 1 aromatic carbocycles. The molecule has 5 nitrogen and oxygen atoms in total. The minimum Gasteiger partial charge on any atom is -0.340 e. The molecular formula is C22H20N4OS. The number of carbonyl (C=O) groups excluding carboxylic acids is 1. The van der Waals surface area contributed by atoms with Gasteiger partial charge in [-0.1, -0.05) is 12.1 Å². The molecule has 0 aliphatic carbocycles. The van der Waals surface area contributed by atoms with Crippen LogP contribution in [0, 0.1) is 6.92 Å². The summed E-state index contributed by atoms with van der Waals surface area (Å²) in [5.41, 5.74) is 5.38. The van der Waals surface area contributed by atoms with Gasteiger partial charge in [-0.3, -0.25) is 9.78 Å². The highest BCUT2D eigenvalue weighted by molar-refractivity contribution is 7.08. The van der Waals surface area contributed by atoms with Crippen LogP contribution in [0.3, 0.4) is 0 Å². The summed E-state index contributed by atoms with van der Waals surface area (Å²) in [5.74, 6) is 0.900. The number of H-pyrrole nitrogens is 1. The van der Waals surface area contributed by atoms with Crippen molar-refractivity contribution in [1.82, 2.24) is 19.9 Å². The molecule has 1 N–H and O–H groups in total. The van der Waals surface area contributed by atoms with Gasteiger partial charge in [0.2, 0.25) is 0 Å². The Kier molecular flexibility index (Phi) is 4.20. The lowest BCUT2D eigenvalue weighted by atomic mass is 10.1. The van der Waals surface area contributed by atoms with E-state index in [-0.39, 0.29) is 11.9 Å². The van der Waals surface area contributed by atoms with Crippen molar-refractivity contribution in [3.05, 3.63) is 70.3 Å². The fraction of sp³-hybridized carbons (Fsp3) is 0.227. The lowest BCUT2D eigenvalue weighted by Gasteiger charge is -2.24. The predicted molar refractivity (Wildman–Crippen MR) is 111 cm³/mol. The normalized spacial score (nSPS) is 16.8. The summed E-state index contributed by atoms with van der Waals surface area (Å²) in [6, 6.07) is 13.9. The van der Waals surface area contributed by atoms with E-state index >= 15 is 0 Å². The molecule has 6 heteroatoms.